The SMILES string of the molecule is CCOC(=O)N1CCN(C(=O)c2cccc(NS(=O)(=O)c3ccccc3)c2)CC1. The molecule has 0 aliphatic carbocycles. The summed E-state index contributed by atoms with van der Waals surface area (Å²) < 4.78 is 32.4. The Bertz CT molecular complexity index is 971. The highest BCUT2D eigenvalue weighted by Gasteiger charge is 2.25. The van der Waals surface area contributed by atoms with Gasteiger partial charge in [-0.05, 0) is 37.3 Å². The second kappa shape index (κ2) is 8.95. The van der Waals surface area contributed by atoms with Gasteiger partial charge >= 0.3 is 6.09 Å². The van der Waals surface area contributed by atoms with Crippen LogP contribution in [0, 0.1) is 0 Å². The Balaban J connectivity index is 1.67. The third-order valence-corrected chi connectivity index (χ3v) is 5.91. The van der Waals surface area contributed by atoms with E-state index in [1.165, 1.54) is 18.2 Å². The summed E-state index contributed by atoms with van der Waals surface area (Å²) in [5.41, 5.74) is 0.688. The molecule has 154 valence electrons. The summed E-state index contributed by atoms with van der Waals surface area (Å²) in [5, 5.41) is 0. The molecule has 1 N–H and O–H groups in total. The van der Waals surface area contributed by atoms with Crippen LogP contribution in [0.5, 0.6) is 0 Å². The van der Waals surface area contributed by atoms with E-state index in [1.54, 1.807) is 53.1 Å². The van der Waals surface area contributed by atoms with Gasteiger partial charge in [0.15, 0.2) is 0 Å². The van der Waals surface area contributed by atoms with Crippen LogP contribution in [0.4, 0.5) is 10.5 Å². The van der Waals surface area contributed by atoms with Crippen LogP contribution in [-0.4, -0.2) is 63.0 Å². The van der Waals surface area contributed by atoms with Gasteiger partial charge in [0.2, 0.25) is 0 Å². The van der Waals surface area contributed by atoms with Crippen molar-refractivity contribution in [3.8, 4) is 0 Å². The fraction of sp³-hybridized carbons (Fsp3) is 0.300. The molecule has 0 radical (unpaired) electrons. The third-order valence-electron chi connectivity index (χ3n) is 4.51. The molecule has 0 atom stereocenters. The number of carbonyl (C=O) groups excluding carboxylic acids is 2. The van der Waals surface area contributed by atoms with Crippen molar-refractivity contribution >= 4 is 27.7 Å². The number of hydrogen-bond donors (Lipinski definition) is 1. The fourth-order valence-electron chi connectivity index (χ4n) is 3.02. The van der Waals surface area contributed by atoms with Gasteiger partial charge in [-0.3, -0.25) is 9.52 Å². The van der Waals surface area contributed by atoms with Crippen molar-refractivity contribution in [2.75, 3.05) is 37.5 Å². The number of nitrogens with zero attached hydrogens (tertiary/aromatic N) is 2. The molecule has 1 aliphatic rings. The molecule has 8 nitrogen and oxygen atoms in total. The number of sulfonamides is 1. The average molecular weight is 417 g/mol. The van der Waals surface area contributed by atoms with Gasteiger partial charge < -0.3 is 14.5 Å². The van der Waals surface area contributed by atoms with E-state index < -0.39 is 10.0 Å². The van der Waals surface area contributed by atoms with Gasteiger partial charge in [-0.25, -0.2) is 13.2 Å². The van der Waals surface area contributed by atoms with Crippen LogP contribution in [0.25, 0.3) is 0 Å². The highest BCUT2D eigenvalue weighted by Crippen LogP contribution is 2.18. The molecule has 0 bridgehead atoms. The van der Waals surface area contributed by atoms with Crippen molar-refractivity contribution in [1.29, 1.82) is 0 Å². The predicted molar refractivity (Wildman–Crippen MR) is 108 cm³/mol. The van der Waals surface area contributed by atoms with E-state index >= 15 is 0 Å². The molecule has 29 heavy (non-hydrogen) atoms. The van der Waals surface area contributed by atoms with Crippen molar-refractivity contribution < 1.29 is 22.7 Å². The average Bonchev–Trinajstić information content (AvgIpc) is 2.74. The molecule has 1 aliphatic heterocycles. The predicted octanol–water partition coefficient (Wildman–Crippen LogP) is 2.40. The summed E-state index contributed by atoms with van der Waals surface area (Å²) in [6.07, 6.45) is -0.378. The lowest BCUT2D eigenvalue weighted by Gasteiger charge is -2.34. The molecule has 0 spiro atoms. The first-order chi connectivity index (χ1) is 13.9. The topological polar surface area (TPSA) is 96.0 Å². The van der Waals surface area contributed by atoms with E-state index in [9.17, 15) is 18.0 Å². The van der Waals surface area contributed by atoms with Gasteiger partial charge in [0, 0.05) is 37.4 Å². The number of amides is 2. The van der Waals surface area contributed by atoms with Crippen LogP contribution >= 0.6 is 0 Å². The first-order valence-corrected chi connectivity index (χ1v) is 10.8. The number of benzene rings is 2. The van der Waals surface area contributed by atoms with Crippen molar-refractivity contribution in [2.24, 2.45) is 0 Å². The van der Waals surface area contributed by atoms with Crippen LogP contribution in [0.3, 0.4) is 0 Å². The highest BCUT2D eigenvalue weighted by molar-refractivity contribution is 7.92. The zero-order chi connectivity index (χ0) is 20.9. The first-order valence-electron chi connectivity index (χ1n) is 9.29. The largest absolute Gasteiger partial charge is 0.450 e. The van der Waals surface area contributed by atoms with Crippen LogP contribution < -0.4 is 4.72 Å². The minimum atomic E-state index is -3.74. The Labute approximate surface area is 170 Å². The molecule has 0 unspecified atom stereocenters. The molecule has 9 heteroatoms. The fourth-order valence-corrected chi connectivity index (χ4v) is 4.09. The summed E-state index contributed by atoms with van der Waals surface area (Å²) in [4.78, 5) is 27.9. The quantitative estimate of drug-likeness (QED) is 0.806. The minimum absolute atomic E-state index is 0.145. The molecule has 2 amide bonds. The zero-order valence-electron chi connectivity index (χ0n) is 16.1. The minimum Gasteiger partial charge on any atom is -0.450 e. The first kappa shape index (κ1) is 20.7. The molecule has 2 aromatic rings. The molecule has 0 aromatic heterocycles. The summed E-state index contributed by atoms with van der Waals surface area (Å²) in [7, 11) is -3.74. The normalized spacial score (nSPS) is 14.4. The maximum absolute atomic E-state index is 12.8. The molecular weight excluding hydrogens is 394 g/mol. The molecule has 1 fully saturated rings. The van der Waals surface area contributed by atoms with Gasteiger partial charge in [-0.15, -0.1) is 0 Å². The van der Waals surface area contributed by atoms with E-state index in [-0.39, 0.29) is 16.9 Å². The monoisotopic (exact) mass is 417 g/mol. The zero-order valence-corrected chi connectivity index (χ0v) is 16.9. The van der Waals surface area contributed by atoms with Crippen LogP contribution in [0.2, 0.25) is 0 Å². The van der Waals surface area contributed by atoms with Gasteiger partial charge in [0.1, 0.15) is 0 Å². The van der Waals surface area contributed by atoms with E-state index in [4.69, 9.17) is 4.74 Å². The molecule has 1 heterocycles. The second-order valence-corrected chi connectivity index (χ2v) is 8.16. The lowest BCUT2D eigenvalue weighted by atomic mass is 10.1. The molecular formula is C20H23N3O5S. The highest BCUT2D eigenvalue weighted by atomic mass is 32.2. The van der Waals surface area contributed by atoms with Crippen LogP contribution in [0.1, 0.15) is 17.3 Å². The summed E-state index contributed by atoms with van der Waals surface area (Å²) in [6.45, 7) is 3.62. The van der Waals surface area contributed by atoms with Crippen molar-refractivity contribution in [3.63, 3.8) is 0 Å². The Morgan fingerprint density at radius 1 is 0.966 bits per heavy atom. The Morgan fingerprint density at radius 3 is 2.28 bits per heavy atom. The number of nitrogens with one attached hydrogen (secondary N) is 1. The second-order valence-electron chi connectivity index (χ2n) is 6.48. The number of hydrogen-bond acceptors (Lipinski definition) is 5. The van der Waals surface area contributed by atoms with Crippen LogP contribution in [-0.2, 0) is 14.8 Å². The third kappa shape index (κ3) is 5.05. The van der Waals surface area contributed by atoms with E-state index in [1.807, 2.05) is 0 Å². The van der Waals surface area contributed by atoms with E-state index in [2.05, 4.69) is 4.72 Å². The van der Waals surface area contributed by atoms with Crippen LogP contribution in [0.15, 0.2) is 59.5 Å². The Kier molecular flexibility index (Phi) is 6.38. The molecule has 2 aromatic carbocycles. The Hall–Kier alpha value is -3.07. The summed E-state index contributed by atoms with van der Waals surface area (Å²) in [6, 6.07) is 14.4. The molecule has 1 saturated heterocycles. The number of carbonyl (C=O) groups is 2. The standard InChI is InChI=1S/C20H23N3O5S/c1-2-28-20(25)23-13-11-22(12-14-23)19(24)16-7-6-8-17(15-16)21-29(26,27)18-9-4-3-5-10-18/h3-10,15,21H,2,11-14H2,1H3. The van der Waals surface area contributed by atoms with Gasteiger partial charge in [-0.1, -0.05) is 24.3 Å². The summed E-state index contributed by atoms with van der Waals surface area (Å²) in [5.74, 6) is -0.214. The van der Waals surface area contributed by atoms with Gasteiger partial charge in [0.05, 0.1) is 11.5 Å². The maximum atomic E-state index is 12.8. The van der Waals surface area contributed by atoms with Gasteiger partial charge in [0.25, 0.3) is 15.9 Å². The van der Waals surface area contributed by atoms with Crippen molar-refractivity contribution in [2.45, 2.75) is 11.8 Å². The van der Waals surface area contributed by atoms with Gasteiger partial charge in [-0.2, -0.15) is 0 Å². The number of piperazine rings is 1. The van der Waals surface area contributed by atoms with Crippen molar-refractivity contribution in [1.82, 2.24) is 9.80 Å². The maximum Gasteiger partial charge on any atom is 0.409 e. The Morgan fingerprint density at radius 2 is 1.62 bits per heavy atom. The number of anilines is 1. The summed E-state index contributed by atoms with van der Waals surface area (Å²) >= 11 is 0. The number of ether oxygens (including phenoxy) is 1. The lowest BCUT2D eigenvalue weighted by molar-refractivity contribution is 0.0570. The lowest BCUT2D eigenvalue weighted by Crippen LogP contribution is -2.50. The molecule has 3 rings (SSSR count). The van der Waals surface area contributed by atoms with E-state index in [0.717, 1.165) is 0 Å². The number of rotatable bonds is 5. The van der Waals surface area contributed by atoms with Crippen molar-refractivity contribution in [3.05, 3.63) is 60.2 Å². The van der Waals surface area contributed by atoms with E-state index in [0.29, 0.717) is 44.0 Å². The molecule has 0 saturated carbocycles. The smallest absolute Gasteiger partial charge is 0.409 e.